The van der Waals surface area contributed by atoms with Crippen molar-refractivity contribution in [2.45, 2.75) is 11.8 Å². The predicted octanol–water partition coefficient (Wildman–Crippen LogP) is 4.20. The zero-order valence-corrected chi connectivity index (χ0v) is 18.8. The number of sulfonamides is 1. The molecule has 9 heteroatoms. The molecule has 0 saturated carbocycles. The molecule has 0 bridgehead atoms. The largest absolute Gasteiger partial charge is 0.497 e. The fourth-order valence-corrected chi connectivity index (χ4v) is 4.67. The highest BCUT2D eigenvalue weighted by Crippen LogP contribution is 2.40. The van der Waals surface area contributed by atoms with Crippen LogP contribution < -0.4 is 23.8 Å². The molecule has 1 amide bonds. The van der Waals surface area contributed by atoms with E-state index in [1.54, 1.807) is 25.2 Å². The maximum absolute atomic E-state index is 13.1. The number of aryl methyl sites for hydroxylation is 1. The molecule has 32 heavy (non-hydrogen) atoms. The van der Waals surface area contributed by atoms with E-state index in [4.69, 9.17) is 14.2 Å². The van der Waals surface area contributed by atoms with Crippen LogP contribution in [-0.2, 0) is 10.0 Å². The number of benzene rings is 3. The Morgan fingerprint density at radius 3 is 2.41 bits per heavy atom. The smallest absolute Gasteiger partial charge is 0.265 e. The molecule has 0 unspecified atom stereocenters. The summed E-state index contributed by atoms with van der Waals surface area (Å²) < 4.78 is 44.9. The van der Waals surface area contributed by atoms with Gasteiger partial charge in [0.1, 0.15) is 22.1 Å². The summed E-state index contributed by atoms with van der Waals surface area (Å²) in [6.07, 6.45) is 0. The van der Waals surface area contributed by atoms with Crippen LogP contribution in [0.15, 0.2) is 59.5 Å². The van der Waals surface area contributed by atoms with Crippen LogP contribution in [0.1, 0.15) is 15.9 Å². The summed E-state index contributed by atoms with van der Waals surface area (Å²) in [5.41, 5.74) is 2.06. The highest BCUT2D eigenvalue weighted by Gasteiger charge is 2.27. The lowest BCUT2D eigenvalue weighted by Gasteiger charge is -2.17. The van der Waals surface area contributed by atoms with Gasteiger partial charge in [0.25, 0.3) is 15.9 Å². The number of carbonyl (C=O) groups is 1. The monoisotopic (exact) mass is 454 g/mol. The van der Waals surface area contributed by atoms with Gasteiger partial charge >= 0.3 is 0 Å². The average Bonchev–Trinajstić information content (AvgIpc) is 2.88. The zero-order valence-electron chi connectivity index (χ0n) is 18.0. The van der Waals surface area contributed by atoms with Crippen LogP contribution in [-0.4, -0.2) is 35.6 Å². The molecular formula is C23H22N2O6S. The molecular weight excluding hydrogens is 432 g/mol. The van der Waals surface area contributed by atoms with Crippen molar-refractivity contribution < 1.29 is 27.4 Å². The van der Waals surface area contributed by atoms with Crippen LogP contribution in [0.2, 0.25) is 0 Å². The lowest BCUT2D eigenvalue weighted by molar-refractivity contribution is 0.0993. The van der Waals surface area contributed by atoms with Crippen LogP contribution in [0.5, 0.6) is 23.0 Å². The van der Waals surface area contributed by atoms with Gasteiger partial charge in [-0.05, 0) is 55.0 Å². The summed E-state index contributed by atoms with van der Waals surface area (Å²) in [4.78, 5) is 14.5. The molecule has 0 aromatic heterocycles. The summed E-state index contributed by atoms with van der Waals surface area (Å²) in [5, 5.41) is 0. The number of hydrogen-bond donors (Lipinski definition) is 1. The number of nitrogens with one attached hydrogen (secondary N) is 1. The molecule has 0 spiro atoms. The molecule has 1 aliphatic heterocycles. The standard InChI is InChI=1S/C23H22N2O6S/c1-14-5-8-20-18(11-14)25(2)23(26)17-12-15(6-9-19(17)31-20)24-32(27,28)22-13-16(29-3)7-10-21(22)30-4/h5-13,24H,1-4H3. The van der Waals surface area contributed by atoms with Gasteiger partial charge in [-0.15, -0.1) is 0 Å². The molecule has 4 rings (SSSR count). The molecule has 8 nitrogen and oxygen atoms in total. The van der Waals surface area contributed by atoms with Gasteiger partial charge in [0.15, 0.2) is 5.75 Å². The van der Waals surface area contributed by atoms with Crippen molar-refractivity contribution in [2.24, 2.45) is 0 Å². The van der Waals surface area contributed by atoms with Crippen LogP contribution >= 0.6 is 0 Å². The summed E-state index contributed by atoms with van der Waals surface area (Å²) in [6.45, 7) is 1.93. The lowest BCUT2D eigenvalue weighted by Crippen LogP contribution is -2.25. The van der Waals surface area contributed by atoms with Crippen molar-refractivity contribution in [1.82, 2.24) is 0 Å². The van der Waals surface area contributed by atoms with E-state index in [-0.39, 0.29) is 27.8 Å². The Kier molecular flexibility index (Phi) is 5.43. The van der Waals surface area contributed by atoms with E-state index >= 15 is 0 Å². The van der Waals surface area contributed by atoms with Gasteiger partial charge in [-0.1, -0.05) is 6.07 Å². The number of amides is 1. The van der Waals surface area contributed by atoms with E-state index < -0.39 is 10.0 Å². The molecule has 166 valence electrons. The molecule has 1 N–H and O–H groups in total. The van der Waals surface area contributed by atoms with Crippen LogP contribution in [0.3, 0.4) is 0 Å². The van der Waals surface area contributed by atoms with Crippen molar-refractivity contribution >= 4 is 27.3 Å². The van der Waals surface area contributed by atoms with Gasteiger partial charge < -0.3 is 19.1 Å². The van der Waals surface area contributed by atoms with Crippen molar-refractivity contribution in [3.63, 3.8) is 0 Å². The molecule has 0 saturated heterocycles. The lowest BCUT2D eigenvalue weighted by atomic mass is 10.1. The number of hydrogen-bond acceptors (Lipinski definition) is 6. The first-order chi connectivity index (χ1) is 15.2. The summed E-state index contributed by atoms with van der Waals surface area (Å²) in [7, 11) is 0.442. The van der Waals surface area contributed by atoms with Crippen molar-refractivity contribution in [1.29, 1.82) is 0 Å². The summed E-state index contributed by atoms with van der Waals surface area (Å²) in [6, 6.07) is 14.6. The number of ether oxygens (including phenoxy) is 3. The van der Waals surface area contributed by atoms with Gasteiger partial charge in [-0.2, -0.15) is 0 Å². The second-order valence-electron chi connectivity index (χ2n) is 7.27. The number of methoxy groups -OCH3 is 2. The fourth-order valence-electron chi connectivity index (χ4n) is 3.44. The number of carbonyl (C=O) groups excluding carboxylic acids is 1. The van der Waals surface area contributed by atoms with Crippen LogP contribution in [0.25, 0.3) is 0 Å². The third-order valence-corrected chi connectivity index (χ3v) is 6.53. The second kappa shape index (κ2) is 8.08. The third-order valence-electron chi connectivity index (χ3n) is 5.12. The fraction of sp³-hybridized carbons (Fsp3) is 0.174. The van der Waals surface area contributed by atoms with E-state index in [9.17, 15) is 13.2 Å². The minimum atomic E-state index is -4.04. The molecule has 0 atom stereocenters. The van der Waals surface area contributed by atoms with E-state index in [1.807, 2.05) is 19.1 Å². The second-order valence-corrected chi connectivity index (χ2v) is 8.92. The first kappa shape index (κ1) is 21.5. The number of fused-ring (bicyclic) bond motifs is 2. The Bertz CT molecular complexity index is 1320. The third kappa shape index (κ3) is 3.82. The number of nitrogens with zero attached hydrogens (tertiary/aromatic N) is 1. The zero-order chi connectivity index (χ0) is 23.0. The average molecular weight is 455 g/mol. The predicted molar refractivity (Wildman–Crippen MR) is 121 cm³/mol. The number of rotatable bonds is 5. The Morgan fingerprint density at radius 1 is 0.938 bits per heavy atom. The maximum Gasteiger partial charge on any atom is 0.265 e. The minimum absolute atomic E-state index is 0.0862. The van der Waals surface area contributed by atoms with Crippen molar-refractivity contribution in [3.05, 3.63) is 65.7 Å². The van der Waals surface area contributed by atoms with E-state index in [1.165, 1.54) is 43.4 Å². The van der Waals surface area contributed by atoms with Gasteiger partial charge in [0, 0.05) is 18.8 Å². The van der Waals surface area contributed by atoms with Crippen molar-refractivity contribution in [2.75, 3.05) is 30.9 Å². The molecule has 1 heterocycles. The Hall–Kier alpha value is -3.72. The highest BCUT2D eigenvalue weighted by atomic mass is 32.2. The van der Waals surface area contributed by atoms with Crippen molar-refractivity contribution in [3.8, 4) is 23.0 Å². The quantitative estimate of drug-likeness (QED) is 0.621. The normalized spacial score (nSPS) is 12.9. The van der Waals surface area contributed by atoms with Gasteiger partial charge in [0.05, 0.1) is 25.5 Å². The molecule has 0 aliphatic carbocycles. The first-order valence-corrected chi connectivity index (χ1v) is 11.2. The maximum atomic E-state index is 13.1. The van der Waals surface area contributed by atoms with E-state index in [2.05, 4.69) is 4.72 Å². The Balaban J connectivity index is 1.72. The minimum Gasteiger partial charge on any atom is -0.497 e. The summed E-state index contributed by atoms with van der Waals surface area (Å²) >= 11 is 0. The first-order valence-electron chi connectivity index (χ1n) is 9.69. The van der Waals surface area contributed by atoms with Gasteiger partial charge in [-0.3, -0.25) is 9.52 Å². The topological polar surface area (TPSA) is 94.2 Å². The highest BCUT2D eigenvalue weighted by molar-refractivity contribution is 7.92. The van der Waals surface area contributed by atoms with Gasteiger partial charge in [0.2, 0.25) is 0 Å². The molecule has 3 aromatic rings. The Labute approximate surface area is 186 Å². The van der Waals surface area contributed by atoms with Gasteiger partial charge in [-0.25, -0.2) is 8.42 Å². The summed E-state index contributed by atoms with van der Waals surface area (Å²) in [5.74, 6) is 1.10. The molecule has 0 fully saturated rings. The molecule has 0 radical (unpaired) electrons. The van der Waals surface area contributed by atoms with Crippen LogP contribution in [0, 0.1) is 6.92 Å². The van der Waals surface area contributed by atoms with Crippen LogP contribution in [0.4, 0.5) is 11.4 Å². The Morgan fingerprint density at radius 2 is 1.69 bits per heavy atom. The molecule has 3 aromatic carbocycles. The number of anilines is 2. The van der Waals surface area contributed by atoms with E-state index in [0.717, 1.165) is 5.56 Å². The molecule has 1 aliphatic rings. The van der Waals surface area contributed by atoms with E-state index in [0.29, 0.717) is 22.9 Å². The SMILES string of the molecule is COc1ccc(OC)c(S(=O)(=O)Nc2ccc3c(c2)C(=O)N(C)c2cc(C)ccc2O3)c1.